The highest BCUT2D eigenvalue weighted by molar-refractivity contribution is 9.10. The second-order valence-electron chi connectivity index (χ2n) is 4.44. The first-order chi connectivity index (χ1) is 9.49. The van der Waals surface area contributed by atoms with E-state index in [2.05, 4.69) is 26.2 Å². The number of amides is 1. The molecule has 0 atom stereocenters. The van der Waals surface area contributed by atoms with Crippen LogP contribution in [-0.4, -0.2) is 10.9 Å². The van der Waals surface area contributed by atoms with E-state index in [0.29, 0.717) is 10.7 Å². The number of hydrogen-bond acceptors (Lipinski definition) is 2. The SMILES string of the molecule is CCc1cc(C(=O)Nc2ccc(Br)cc2C)cc(Cl)n1. The highest BCUT2D eigenvalue weighted by atomic mass is 79.9. The first kappa shape index (κ1) is 15.0. The average Bonchev–Trinajstić information content (AvgIpc) is 2.41. The Morgan fingerprint density at radius 2 is 2.10 bits per heavy atom. The number of halogens is 2. The number of hydrogen-bond donors (Lipinski definition) is 1. The summed E-state index contributed by atoms with van der Waals surface area (Å²) in [5.41, 5.74) is 3.09. The van der Waals surface area contributed by atoms with Crippen molar-refractivity contribution in [1.29, 1.82) is 0 Å². The molecule has 1 aromatic heterocycles. The summed E-state index contributed by atoms with van der Waals surface area (Å²) >= 11 is 9.33. The maximum absolute atomic E-state index is 12.3. The fraction of sp³-hybridized carbons (Fsp3) is 0.200. The van der Waals surface area contributed by atoms with Gasteiger partial charge in [0.1, 0.15) is 5.15 Å². The number of aryl methyl sites for hydroxylation is 2. The van der Waals surface area contributed by atoms with Crippen LogP contribution in [0.15, 0.2) is 34.8 Å². The summed E-state index contributed by atoms with van der Waals surface area (Å²) < 4.78 is 0.980. The van der Waals surface area contributed by atoms with E-state index in [1.54, 1.807) is 12.1 Å². The van der Waals surface area contributed by atoms with Gasteiger partial charge in [-0.25, -0.2) is 4.98 Å². The molecule has 0 aliphatic rings. The predicted molar refractivity (Wildman–Crippen MR) is 85.5 cm³/mol. The van der Waals surface area contributed by atoms with Crippen LogP contribution in [0.5, 0.6) is 0 Å². The third kappa shape index (κ3) is 3.58. The van der Waals surface area contributed by atoms with Gasteiger partial charge in [-0.05, 0) is 49.2 Å². The van der Waals surface area contributed by atoms with E-state index < -0.39 is 0 Å². The molecule has 3 nitrogen and oxygen atoms in total. The molecule has 20 heavy (non-hydrogen) atoms. The number of carbonyl (C=O) groups excluding carboxylic acids is 1. The number of nitrogens with one attached hydrogen (secondary N) is 1. The van der Waals surface area contributed by atoms with Gasteiger partial charge in [-0.2, -0.15) is 0 Å². The zero-order valence-electron chi connectivity index (χ0n) is 11.2. The number of carbonyl (C=O) groups is 1. The van der Waals surface area contributed by atoms with Crippen molar-refractivity contribution in [3.05, 3.63) is 56.8 Å². The van der Waals surface area contributed by atoms with E-state index in [1.807, 2.05) is 32.0 Å². The lowest BCUT2D eigenvalue weighted by Gasteiger charge is -2.09. The van der Waals surface area contributed by atoms with Crippen molar-refractivity contribution in [1.82, 2.24) is 4.98 Å². The van der Waals surface area contributed by atoms with Crippen LogP contribution in [0.25, 0.3) is 0 Å². The summed E-state index contributed by atoms with van der Waals surface area (Å²) in [6.07, 6.45) is 0.734. The Hall–Kier alpha value is -1.39. The highest BCUT2D eigenvalue weighted by Gasteiger charge is 2.10. The normalized spacial score (nSPS) is 10.4. The Balaban J connectivity index is 2.26. The molecule has 0 radical (unpaired) electrons. The van der Waals surface area contributed by atoms with E-state index in [0.717, 1.165) is 27.8 Å². The van der Waals surface area contributed by atoms with Crippen molar-refractivity contribution >= 4 is 39.1 Å². The smallest absolute Gasteiger partial charge is 0.255 e. The zero-order chi connectivity index (χ0) is 14.7. The maximum Gasteiger partial charge on any atom is 0.255 e. The fourth-order valence-electron chi connectivity index (χ4n) is 1.83. The topological polar surface area (TPSA) is 42.0 Å². The molecule has 2 aromatic rings. The molecule has 0 bridgehead atoms. The van der Waals surface area contributed by atoms with E-state index >= 15 is 0 Å². The van der Waals surface area contributed by atoms with E-state index in [-0.39, 0.29) is 5.91 Å². The molecule has 0 spiro atoms. The van der Waals surface area contributed by atoms with Crippen LogP contribution in [-0.2, 0) is 6.42 Å². The van der Waals surface area contributed by atoms with Gasteiger partial charge < -0.3 is 5.32 Å². The molecule has 0 unspecified atom stereocenters. The summed E-state index contributed by atoms with van der Waals surface area (Å²) in [6.45, 7) is 3.91. The van der Waals surface area contributed by atoms with Gasteiger partial charge in [-0.15, -0.1) is 0 Å². The number of rotatable bonds is 3. The van der Waals surface area contributed by atoms with Crippen LogP contribution in [0.3, 0.4) is 0 Å². The van der Waals surface area contributed by atoms with Crippen LogP contribution >= 0.6 is 27.5 Å². The highest BCUT2D eigenvalue weighted by Crippen LogP contribution is 2.21. The number of aromatic nitrogens is 1. The third-order valence-corrected chi connectivity index (χ3v) is 3.60. The zero-order valence-corrected chi connectivity index (χ0v) is 13.5. The summed E-state index contributed by atoms with van der Waals surface area (Å²) in [5, 5.41) is 3.22. The number of pyridine rings is 1. The monoisotopic (exact) mass is 352 g/mol. The Kier molecular flexibility index (Phi) is 4.78. The molecule has 0 aliphatic carbocycles. The van der Waals surface area contributed by atoms with Gasteiger partial charge in [-0.1, -0.05) is 34.5 Å². The van der Waals surface area contributed by atoms with Crippen molar-refractivity contribution < 1.29 is 4.79 Å². The maximum atomic E-state index is 12.3. The van der Waals surface area contributed by atoms with Crippen LogP contribution in [0, 0.1) is 6.92 Å². The molecule has 0 saturated heterocycles. The fourth-order valence-corrected chi connectivity index (χ4v) is 2.53. The van der Waals surface area contributed by atoms with Gasteiger partial charge in [-0.3, -0.25) is 4.79 Å². The Morgan fingerprint density at radius 3 is 2.75 bits per heavy atom. The lowest BCUT2D eigenvalue weighted by atomic mass is 10.1. The van der Waals surface area contributed by atoms with E-state index in [4.69, 9.17) is 11.6 Å². The Morgan fingerprint density at radius 1 is 1.35 bits per heavy atom. The molecule has 2 rings (SSSR count). The number of nitrogens with zero attached hydrogens (tertiary/aromatic N) is 1. The number of benzene rings is 1. The van der Waals surface area contributed by atoms with E-state index in [1.165, 1.54) is 0 Å². The van der Waals surface area contributed by atoms with Crippen LogP contribution in [0.4, 0.5) is 5.69 Å². The first-order valence-electron chi connectivity index (χ1n) is 6.23. The van der Waals surface area contributed by atoms with Crippen molar-refractivity contribution in [2.24, 2.45) is 0 Å². The van der Waals surface area contributed by atoms with Gasteiger partial charge in [0.25, 0.3) is 5.91 Å². The minimum absolute atomic E-state index is 0.186. The molecule has 0 fully saturated rings. The first-order valence-corrected chi connectivity index (χ1v) is 7.40. The van der Waals surface area contributed by atoms with Crippen LogP contribution < -0.4 is 5.32 Å². The predicted octanol–water partition coefficient (Wildman–Crippen LogP) is 4.62. The molecule has 1 aromatic carbocycles. The molecule has 5 heteroatoms. The summed E-state index contributed by atoms with van der Waals surface area (Å²) in [7, 11) is 0. The Bertz CT molecular complexity index is 658. The average molecular weight is 354 g/mol. The van der Waals surface area contributed by atoms with Crippen molar-refractivity contribution in [3.63, 3.8) is 0 Å². The molecule has 1 N–H and O–H groups in total. The minimum atomic E-state index is -0.186. The van der Waals surface area contributed by atoms with Crippen molar-refractivity contribution in [3.8, 4) is 0 Å². The van der Waals surface area contributed by atoms with Crippen molar-refractivity contribution in [2.75, 3.05) is 5.32 Å². The largest absolute Gasteiger partial charge is 0.322 e. The van der Waals surface area contributed by atoms with Gasteiger partial charge in [0.05, 0.1) is 0 Å². The van der Waals surface area contributed by atoms with Gasteiger partial charge in [0, 0.05) is 21.4 Å². The van der Waals surface area contributed by atoms with Gasteiger partial charge in [0.2, 0.25) is 0 Å². The van der Waals surface area contributed by atoms with E-state index in [9.17, 15) is 4.79 Å². The summed E-state index contributed by atoms with van der Waals surface area (Å²) in [5.74, 6) is -0.186. The lowest BCUT2D eigenvalue weighted by Crippen LogP contribution is -2.13. The number of anilines is 1. The molecule has 1 amide bonds. The van der Waals surface area contributed by atoms with Crippen molar-refractivity contribution in [2.45, 2.75) is 20.3 Å². The summed E-state index contributed by atoms with van der Waals surface area (Å²) in [6, 6.07) is 9.03. The lowest BCUT2D eigenvalue weighted by molar-refractivity contribution is 0.102. The molecule has 0 aliphatic heterocycles. The molecule has 1 heterocycles. The second kappa shape index (κ2) is 6.37. The molecular formula is C15H14BrClN2O. The molecule has 0 saturated carbocycles. The molecule has 104 valence electrons. The van der Waals surface area contributed by atoms with Crippen LogP contribution in [0.1, 0.15) is 28.5 Å². The Labute approximate surface area is 131 Å². The second-order valence-corrected chi connectivity index (χ2v) is 5.74. The van der Waals surface area contributed by atoms with Crippen LogP contribution in [0.2, 0.25) is 5.15 Å². The summed E-state index contributed by atoms with van der Waals surface area (Å²) in [4.78, 5) is 16.4. The standard InChI is InChI=1S/C15H14BrClN2O/c1-3-12-7-10(8-14(17)18-12)15(20)19-13-5-4-11(16)6-9(13)2/h4-8H,3H2,1-2H3,(H,19,20). The minimum Gasteiger partial charge on any atom is -0.322 e. The third-order valence-electron chi connectivity index (χ3n) is 2.91. The molecular weight excluding hydrogens is 340 g/mol. The quantitative estimate of drug-likeness (QED) is 0.818. The van der Waals surface area contributed by atoms with Gasteiger partial charge in [0.15, 0.2) is 0 Å². The van der Waals surface area contributed by atoms with Gasteiger partial charge >= 0.3 is 0 Å².